The minimum absolute atomic E-state index is 0.122. The van der Waals surface area contributed by atoms with Crippen molar-refractivity contribution in [1.29, 1.82) is 0 Å². The lowest BCUT2D eigenvalue weighted by molar-refractivity contribution is -0.136. The van der Waals surface area contributed by atoms with Gasteiger partial charge in [-0.2, -0.15) is 13.2 Å². The Labute approximate surface area is 139 Å². The number of carbonyl (C=O) groups is 1. The number of fused-ring (bicyclic) bond motifs is 1. The van der Waals surface area contributed by atoms with Gasteiger partial charge in [0.15, 0.2) is 5.82 Å². The van der Waals surface area contributed by atoms with Gasteiger partial charge >= 0.3 is 6.18 Å². The van der Waals surface area contributed by atoms with Crippen molar-refractivity contribution in [2.24, 2.45) is 5.92 Å². The molecule has 1 amide bonds. The fourth-order valence-electron chi connectivity index (χ4n) is 2.58. The van der Waals surface area contributed by atoms with Crippen molar-refractivity contribution in [2.75, 3.05) is 5.32 Å². The third kappa shape index (κ3) is 2.95. The maximum atomic E-state index is 13.6. The number of anilines is 1. The Kier molecular flexibility index (Phi) is 3.48. The highest BCUT2D eigenvalue weighted by Crippen LogP contribution is 2.40. The molecule has 0 radical (unpaired) electrons. The zero-order chi connectivity index (χ0) is 17.6. The number of hydrogen-bond donors (Lipinski definition) is 1. The molecule has 0 spiro atoms. The van der Waals surface area contributed by atoms with Crippen molar-refractivity contribution in [1.82, 2.24) is 10.1 Å². The molecule has 25 heavy (non-hydrogen) atoms. The SMILES string of the molecule is O=C(Nc1noc2nc(-c3ccccc3)cc(C(F)(F)F)c12)C1CC1. The molecule has 3 aromatic rings. The van der Waals surface area contributed by atoms with Gasteiger partial charge in [0.05, 0.1) is 16.6 Å². The number of carbonyl (C=O) groups excluding carboxylic acids is 1. The number of rotatable bonds is 3. The Balaban J connectivity index is 1.86. The summed E-state index contributed by atoms with van der Waals surface area (Å²) in [5.41, 5.74) is -0.560. The first kappa shape index (κ1) is 15.6. The van der Waals surface area contributed by atoms with Gasteiger partial charge in [0, 0.05) is 11.5 Å². The lowest BCUT2D eigenvalue weighted by Crippen LogP contribution is -2.15. The van der Waals surface area contributed by atoms with Crippen LogP contribution < -0.4 is 5.32 Å². The highest BCUT2D eigenvalue weighted by molar-refractivity contribution is 6.01. The van der Waals surface area contributed by atoms with Crippen molar-refractivity contribution in [3.8, 4) is 11.3 Å². The van der Waals surface area contributed by atoms with Gasteiger partial charge < -0.3 is 9.84 Å². The summed E-state index contributed by atoms with van der Waals surface area (Å²) in [5.74, 6) is -0.764. The summed E-state index contributed by atoms with van der Waals surface area (Å²) >= 11 is 0. The first-order chi connectivity index (χ1) is 11.9. The Morgan fingerprint density at radius 1 is 1.20 bits per heavy atom. The minimum Gasteiger partial charge on any atom is -0.334 e. The van der Waals surface area contributed by atoms with Crippen LogP contribution in [0.5, 0.6) is 0 Å². The van der Waals surface area contributed by atoms with Gasteiger partial charge in [0.2, 0.25) is 5.91 Å². The number of nitrogens with one attached hydrogen (secondary N) is 1. The van der Waals surface area contributed by atoms with Crippen molar-refractivity contribution >= 4 is 22.8 Å². The van der Waals surface area contributed by atoms with E-state index in [1.807, 2.05) is 0 Å². The van der Waals surface area contributed by atoms with Gasteiger partial charge in [-0.15, -0.1) is 0 Å². The largest absolute Gasteiger partial charge is 0.417 e. The quantitative estimate of drug-likeness (QED) is 0.769. The average Bonchev–Trinajstić information content (AvgIpc) is 3.37. The summed E-state index contributed by atoms with van der Waals surface area (Å²) in [7, 11) is 0. The van der Waals surface area contributed by atoms with Crippen molar-refractivity contribution in [3.05, 3.63) is 42.0 Å². The van der Waals surface area contributed by atoms with Gasteiger partial charge in [-0.25, -0.2) is 4.98 Å². The molecule has 0 unspecified atom stereocenters. The lowest BCUT2D eigenvalue weighted by Gasteiger charge is -2.10. The second-order valence-electron chi connectivity index (χ2n) is 5.89. The van der Waals surface area contributed by atoms with Crippen LogP contribution in [0.25, 0.3) is 22.4 Å². The van der Waals surface area contributed by atoms with Crippen LogP contribution in [0.3, 0.4) is 0 Å². The number of hydrogen-bond acceptors (Lipinski definition) is 4. The topological polar surface area (TPSA) is 68.0 Å². The van der Waals surface area contributed by atoms with E-state index in [9.17, 15) is 18.0 Å². The van der Waals surface area contributed by atoms with Gasteiger partial charge in [0.25, 0.3) is 5.71 Å². The van der Waals surface area contributed by atoms with E-state index in [-0.39, 0.29) is 34.4 Å². The first-order valence-corrected chi connectivity index (χ1v) is 7.67. The van der Waals surface area contributed by atoms with E-state index in [2.05, 4.69) is 15.5 Å². The summed E-state index contributed by atoms with van der Waals surface area (Å²) in [6.07, 6.45) is -3.19. The highest BCUT2D eigenvalue weighted by Gasteiger charge is 2.37. The highest BCUT2D eigenvalue weighted by atomic mass is 19.4. The molecule has 4 rings (SSSR count). The van der Waals surface area contributed by atoms with E-state index in [1.54, 1.807) is 30.3 Å². The molecule has 1 aliphatic carbocycles. The Hall–Kier alpha value is -2.90. The van der Waals surface area contributed by atoms with Gasteiger partial charge in [-0.1, -0.05) is 35.5 Å². The summed E-state index contributed by atoms with van der Waals surface area (Å²) in [6, 6.07) is 9.42. The van der Waals surface area contributed by atoms with Crippen molar-refractivity contribution < 1.29 is 22.5 Å². The molecule has 128 valence electrons. The number of pyridine rings is 1. The van der Waals surface area contributed by atoms with Crippen LogP contribution in [0.2, 0.25) is 0 Å². The smallest absolute Gasteiger partial charge is 0.334 e. The zero-order valence-electron chi connectivity index (χ0n) is 12.8. The minimum atomic E-state index is -4.64. The number of halogens is 3. The van der Waals surface area contributed by atoms with Crippen LogP contribution in [-0.4, -0.2) is 16.0 Å². The molecule has 0 aliphatic heterocycles. The van der Waals surface area contributed by atoms with E-state index in [0.29, 0.717) is 5.56 Å². The van der Waals surface area contributed by atoms with Gasteiger partial charge in [-0.3, -0.25) is 4.79 Å². The van der Waals surface area contributed by atoms with Crippen LogP contribution in [-0.2, 0) is 11.0 Å². The number of aromatic nitrogens is 2. The summed E-state index contributed by atoms with van der Waals surface area (Å²) < 4.78 is 45.7. The maximum absolute atomic E-state index is 13.6. The predicted molar refractivity (Wildman–Crippen MR) is 83.6 cm³/mol. The Bertz CT molecular complexity index is 947. The molecule has 1 fully saturated rings. The zero-order valence-corrected chi connectivity index (χ0v) is 12.8. The Morgan fingerprint density at radius 3 is 2.56 bits per heavy atom. The third-order valence-electron chi connectivity index (χ3n) is 4.01. The normalized spacial score (nSPS) is 14.7. The van der Waals surface area contributed by atoms with E-state index in [0.717, 1.165) is 18.9 Å². The molecular weight excluding hydrogens is 335 g/mol. The van der Waals surface area contributed by atoms with Crippen LogP contribution >= 0.6 is 0 Å². The molecule has 5 nitrogen and oxygen atoms in total. The monoisotopic (exact) mass is 347 g/mol. The van der Waals surface area contributed by atoms with E-state index in [1.165, 1.54) is 0 Å². The first-order valence-electron chi connectivity index (χ1n) is 7.67. The fraction of sp³-hybridized carbons (Fsp3) is 0.235. The molecule has 1 aromatic carbocycles. The molecule has 1 aliphatic rings. The maximum Gasteiger partial charge on any atom is 0.417 e. The van der Waals surface area contributed by atoms with Gasteiger partial charge in [-0.05, 0) is 18.9 Å². The number of alkyl halides is 3. The fourth-order valence-corrected chi connectivity index (χ4v) is 2.58. The summed E-state index contributed by atoms with van der Waals surface area (Å²) in [5, 5.41) is 5.67. The second kappa shape index (κ2) is 5.58. The van der Waals surface area contributed by atoms with Crippen molar-refractivity contribution in [2.45, 2.75) is 19.0 Å². The lowest BCUT2D eigenvalue weighted by atomic mass is 10.1. The van der Waals surface area contributed by atoms with E-state index < -0.39 is 11.7 Å². The Morgan fingerprint density at radius 2 is 1.92 bits per heavy atom. The average molecular weight is 347 g/mol. The van der Waals surface area contributed by atoms with Crippen LogP contribution in [0.1, 0.15) is 18.4 Å². The molecule has 1 N–H and O–H groups in total. The molecule has 2 aromatic heterocycles. The second-order valence-corrected chi connectivity index (χ2v) is 5.89. The number of amides is 1. The molecule has 2 heterocycles. The van der Waals surface area contributed by atoms with Crippen molar-refractivity contribution in [3.63, 3.8) is 0 Å². The third-order valence-corrected chi connectivity index (χ3v) is 4.01. The molecule has 0 saturated heterocycles. The van der Waals surface area contributed by atoms with Crippen LogP contribution in [0, 0.1) is 5.92 Å². The molecule has 1 saturated carbocycles. The van der Waals surface area contributed by atoms with Crippen LogP contribution in [0.4, 0.5) is 19.0 Å². The molecular formula is C17H12F3N3O2. The summed E-state index contributed by atoms with van der Waals surface area (Å²) in [4.78, 5) is 16.0. The molecule has 0 atom stereocenters. The van der Waals surface area contributed by atoms with Crippen LogP contribution in [0.15, 0.2) is 40.9 Å². The number of nitrogens with zero attached hydrogens (tertiary/aromatic N) is 2. The van der Waals surface area contributed by atoms with E-state index >= 15 is 0 Å². The molecule has 8 heteroatoms. The standard InChI is InChI=1S/C17H12F3N3O2/c18-17(19,20)11-8-12(9-4-2-1-3-5-9)21-16-13(11)14(23-25-16)22-15(24)10-6-7-10/h1-5,8,10H,6-7H2,(H,22,23,24). The number of benzene rings is 1. The summed E-state index contributed by atoms with van der Waals surface area (Å²) in [6.45, 7) is 0. The van der Waals surface area contributed by atoms with Gasteiger partial charge in [0.1, 0.15) is 0 Å². The predicted octanol–water partition coefficient (Wildman–Crippen LogP) is 4.26. The molecule has 0 bridgehead atoms. The van der Waals surface area contributed by atoms with E-state index in [4.69, 9.17) is 4.52 Å².